The number of ether oxygens (including phenoxy) is 1. The van der Waals surface area contributed by atoms with E-state index < -0.39 is 0 Å². The standard InChI is InChI=1S/C12H13N5O2/c1-19-12(18)9-2-3-13-10(6-9)16-4-5-17-8-14-15-11(17)7-16/h2-3,6,8H,4-5,7H2,1H3. The number of carbonyl (C=O) groups is 1. The second-order valence-electron chi connectivity index (χ2n) is 4.26. The topological polar surface area (TPSA) is 73.1 Å². The number of pyridine rings is 1. The molecule has 0 aliphatic carbocycles. The molecule has 0 amide bonds. The van der Waals surface area contributed by atoms with Gasteiger partial charge in [-0.1, -0.05) is 0 Å². The highest BCUT2D eigenvalue weighted by Gasteiger charge is 2.19. The van der Waals surface area contributed by atoms with Gasteiger partial charge in [-0.3, -0.25) is 0 Å². The first-order valence-electron chi connectivity index (χ1n) is 5.94. The van der Waals surface area contributed by atoms with E-state index in [9.17, 15) is 4.79 Å². The Kier molecular flexibility index (Phi) is 2.86. The molecule has 0 saturated carbocycles. The molecule has 1 aliphatic heterocycles. The first-order chi connectivity index (χ1) is 9.28. The number of hydrogen-bond donors (Lipinski definition) is 0. The molecular formula is C12H13N5O2. The summed E-state index contributed by atoms with van der Waals surface area (Å²) in [5.41, 5.74) is 0.500. The lowest BCUT2D eigenvalue weighted by molar-refractivity contribution is 0.0600. The predicted octanol–water partition coefficient (Wildman–Crippen LogP) is 0.480. The van der Waals surface area contributed by atoms with Crippen LogP contribution in [-0.4, -0.2) is 39.4 Å². The fourth-order valence-corrected chi connectivity index (χ4v) is 2.10. The molecule has 3 heterocycles. The summed E-state index contributed by atoms with van der Waals surface area (Å²) in [5.74, 6) is 1.29. The lowest BCUT2D eigenvalue weighted by atomic mass is 10.2. The molecule has 0 fully saturated rings. The van der Waals surface area contributed by atoms with Gasteiger partial charge in [0.1, 0.15) is 12.1 Å². The van der Waals surface area contributed by atoms with E-state index in [4.69, 9.17) is 4.74 Å². The lowest BCUT2D eigenvalue weighted by Crippen LogP contribution is -2.34. The number of fused-ring (bicyclic) bond motifs is 1. The van der Waals surface area contributed by atoms with Crippen molar-refractivity contribution in [3.63, 3.8) is 0 Å². The van der Waals surface area contributed by atoms with Crippen LogP contribution in [0, 0.1) is 0 Å². The second-order valence-corrected chi connectivity index (χ2v) is 4.26. The summed E-state index contributed by atoms with van der Waals surface area (Å²) in [5, 5.41) is 7.94. The van der Waals surface area contributed by atoms with Gasteiger partial charge in [0.2, 0.25) is 0 Å². The fourth-order valence-electron chi connectivity index (χ4n) is 2.10. The van der Waals surface area contributed by atoms with Crippen molar-refractivity contribution in [2.75, 3.05) is 18.6 Å². The highest BCUT2D eigenvalue weighted by molar-refractivity contribution is 5.90. The molecule has 3 rings (SSSR count). The molecule has 2 aromatic heterocycles. The maximum atomic E-state index is 11.5. The number of aromatic nitrogens is 4. The molecule has 0 spiro atoms. The Morgan fingerprint density at radius 3 is 3.16 bits per heavy atom. The number of carbonyl (C=O) groups excluding carboxylic acids is 1. The van der Waals surface area contributed by atoms with E-state index in [0.717, 1.165) is 24.7 Å². The first-order valence-corrected chi connectivity index (χ1v) is 5.94. The van der Waals surface area contributed by atoms with Gasteiger partial charge in [0, 0.05) is 19.3 Å². The molecule has 19 heavy (non-hydrogen) atoms. The largest absolute Gasteiger partial charge is 0.465 e. The zero-order valence-corrected chi connectivity index (χ0v) is 10.5. The average molecular weight is 259 g/mol. The summed E-state index contributed by atoms with van der Waals surface area (Å²) in [6.07, 6.45) is 3.34. The summed E-state index contributed by atoms with van der Waals surface area (Å²) < 4.78 is 6.73. The van der Waals surface area contributed by atoms with Crippen molar-refractivity contribution in [1.82, 2.24) is 19.7 Å². The van der Waals surface area contributed by atoms with Gasteiger partial charge in [0.05, 0.1) is 19.2 Å². The summed E-state index contributed by atoms with van der Waals surface area (Å²) in [4.78, 5) is 17.9. The monoisotopic (exact) mass is 259 g/mol. The van der Waals surface area contributed by atoms with Gasteiger partial charge in [-0.25, -0.2) is 9.78 Å². The van der Waals surface area contributed by atoms with E-state index in [1.54, 1.807) is 24.7 Å². The van der Waals surface area contributed by atoms with Crippen molar-refractivity contribution in [3.05, 3.63) is 36.0 Å². The van der Waals surface area contributed by atoms with Gasteiger partial charge in [-0.2, -0.15) is 0 Å². The predicted molar refractivity (Wildman–Crippen MR) is 66.6 cm³/mol. The van der Waals surface area contributed by atoms with Crippen molar-refractivity contribution in [3.8, 4) is 0 Å². The third kappa shape index (κ3) is 2.14. The number of rotatable bonds is 2. The van der Waals surface area contributed by atoms with Crippen molar-refractivity contribution in [1.29, 1.82) is 0 Å². The lowest BCUT2D eigenvalue weighted by Gasteiger charge is -2.28. The third-order valence-electron chi connectivity index (χ3n) is 3.13. The van der Waals surface area contributed by atoms with Gasteiger partial charge < -0.3 is 14.2 Å². The van der Waals surface area contributed by atoms with Gasteiger partial charge in [-0.05, 0) is 12.1 Å². The quantitative estimate of drug-likeness (QED) is 0.730. The Morgan fingerprint density at radius 2 is 2.32 bits per heavy atom. The Balaban J connectivity index is 1.85. The summed E-state index contributed by atoms with van der Waals surface area (Å²) in [6.45, 7) is 2.26. The molecule has 0 aromatic carbocycles. The molecule has 0 bridgehead atoms. The van der Waals surface area contributed by atoms with Crippen LogP contribution in [-0.2, 0) is 17.8 Å². The van der Waals surface area contributed by atoms with Crippen molar-refractivity contribution >= 4 is 11.8 Å². The van der Waals surface area contributed by atoms with E-state index in [-0.39, 0.29) is 5.97 Å². The van der Waals surface area contributed by atoms with Crippen molar-refractivity contribution < 1.29 is 9.53 Å². The maximum absolute atomic E-state index is 11.5. The molecule has 0 N–H and O–H groups in total. The zero-order chi connectivity index (χ0) is 13.2. The molecule has 0 atom stereocenters. The molecule has 0 unspecified atom stereocenters. The summed E-state index contributed by atoms with van der Waals surface area (Å²) in [6, 6.07) is 3.37. The second kappa shape index (κ2) is 4.68. The van der Waals surface area contributed by atoms with Crippen LogP contribution in [0.5, 0.6) is 0 Å². The van der Waals surface area contributed by atoms with Crippen LogP contribution in [0.1, 0.15) is 16.2 Å². The molecular weight excluding hydrogens is 246 g/mol. The molecule has 98 valence electrons. The van der Waals surface area contributed by atoms with Crippen molar-refractivity contribution in [2.24, 2.45) is 0 Å². The maximum Gasteiger partial charge on any atom is 0.338 e. The highest BCUT2D eigenvalue weighted by atomic mass is 16.5. The zero-order valence-electron chi connectivity index (χ0n) is 10.5. The van der Waals surface area contributed by atoms with Gasteiger partial charge >= 0.3 is 5.97 Å². The van der Waals surface area contributed by atoms with E-state index in [0.29, 0.717) is 12.1 Å². The average Bonchev–Trinajstić information content (AvgIpc) is 2.94. The third-order valence-corrected chi connectivity index (χ3v) is 3.13. The molecule has 7 heteroatoms. The summed E-state index contributed by atoms with van der Waals surface area (Å²) in [7, 11) is 1.37. The van der Waals surface area contributed by atoms with Crippen molar-refractivity contribution in [2.45, 2.75) is 13.1 Å². The number of esters is 1. The van der Waals surface area contributed by atoms with E-state index in [1.807, 2.05) is 4.57 Å². The van der Waals surface area contributed by atoms with Crippen LogP contribution in [0.25, 0.3) is 0 Å². The van der Waals surface area contributed by atoms with Crippen LogP contribution in [0.2, 0.25) is 0 Å². The van der Waals surface area contributed by atoms with Crippen LogP contribution in [0.4, 0.5) is 5.82 Å². The van der Waals surface area contributed by atoms with Gasteiger partial charge in [0.25, 0.3) is 0 Å². The van der Waals surface area contributed by atoms with Crippen LogP contribution < -0.4 is 4.90 Å². The highest BCUT2D eigenvalue weighted by Crippen LogP contribution is 2.18. The molecule has 7 nitrogen and oxygen atoms in total. The van der Waals surface area contributed by atoms with Crippen LogP contribution in [0.15, 0.2) is 24.7 Å². The van der Waals surface area contributed by atoms with E-state index >= 15 is 0 Å². The number of anilines is 1. The molecule has 1 aliphatic rings. The molecule has 2 aromatic rings. The Labute approximate surface area is 109 Å². The van der Waals surface area contributed by atoms with Crippen LogP contribution in [0.3, 0.4) is 0 Å². The summed E-state index contributed by atoms with van der Waals surface area (Å²) >= 11 is 0. The van der Waals surface area contributed by atoms with E-state index in [1.165, 1.54) is 7.11 Å². The SMILES string of the molecule is COC(=O)c1ccnc(N2CCn3cnnc3C2)c1. The van der Waals surface area contributed by atoms with Gasteiger partial charge in [-0.15, -0.1) is 10.2 Å². The minimum atomic E-state index is -0.358. The van der Waals surface area contributed by atoms with E-state index in [2.05, 4.69) is 20.1 Å². The molecule has 0 saturated heterocycles. The fraction of sp³-hybridized carbons (Fsp3) is 0.333. The normalized spacial score (nSPS) is 14.1. The molecule has 0 radical (unpaired) electrons. The van der Waals surface area contributed by atoms with Crippen LogP contribution >= 0.6 is 0 Å². The number of hydrogen-bond acceptors (Lipinski definition) is 6. The van der Waals surface area contributed by atoms with Gasteiger partial charge in [0.15, 0.2) is 5.82 Å². The number of methoxy groups -OCH3 is 1. The smallest absolute Gasteiger partial charge is 0.338 e. The Morgan fingerprint density at radius 1 is 1.42 bits per heavy atom. The first kappa shape index (κ1) is 11.6. The Bertz CT molecular complexity index is 610. The minimum Gasteiger partial charge on any atom is -0.465 e. The number of nitrogens with zero attached hydrogens (tertiary/aromatic N) is 5. The Hall–Kier alpha value is -2.44. The minimum absolute atomic E-state index is 0.358.